The van der Waals surface area contributed by atoms with Crippen molar-refractivity contribution in [3.63, 3.8) is 0 Å². The summed E-state index contributed by atoms with van der Waals surface area (Å²) in [5.74, 6) is 2.74. The Balaban J connectivity index is -0.000000295. The van der Waals surface area contributed by atoms with Crippen LogP contribution in [0.4, 0.5) is 4.79 Å². The van der Waals surface area contributed by atoms with Crippen LogP contribution in [0.3, 0.4) is 0 Å². The van der Waals surface area contributed by atoms with Crippen molar-refractivity contribution in [2.75, 3.05) is 49.4 Å². The number of amides is 1. The molecule has 0 aliphatic rings. The SMILES string of the molecule is [N-]=COOCCSCCO.[NH-]C(=O)OCCSCCO.[Y]. The zero-order valence-electron chi connectivity index (χ0n) is 11.6. The molecule has 3 N–H and O–H groups in total. The number of aliphatic hydroxyl groups excluding tert-OH is 2. The number of aliphatic hydroxyl groups is 2. The molecule has 1 radical (unpaired) electrons. The van der Waals surface area contributed by atoms with Crippen LogP contribution in [0, 0.1) is 0 Å². The van der Waals surface area contributed by atoms with Crippen LogP contribution < -0.4 is 0 Å². The molecule has 0 fully saturated rings. The van der Waals surface area contributed by atoms with E-state index >= 15 is 0 Å². The second kappa shape index (κ2) is 25.4. The third kappa shape index (κ3) is 33.3. The van der Waals surface area contributed by atoms with Gasteiger partial charge in [-0.25, -0.2) is 0 Å². The van der Waals surface area contributed by atoms with E-state index in [-0.39, 0.29) is 52.5 Å². The Kier molecular flexibility index (Phi) is 31.8. The summed E-state index contributed by atoms with van der Waals surface area (Å²) in [5.41, 5.74) is 6.34. The predicted octanol–water partition coefficient (Wildman–Crippen LogP) is 1.16. The minimum absolute atomic E-state index is 0. The summed E-state index contributed by atoms with van der Waals surface area (Å²) in [6.45, 7) is 0.978. The van der Waals surface area contributed by atoms with Crippen LogP contribution in [0.1, 0.15) is 0 Å². The van der Waals surface area contributed by atoms with Crippen LogP contribution in [-0.4, -0.2) is 72.1 Å². The predicted molar refractivity (Wildman–Crippen MR) is 81.0 cm³/mol. The monoisotopic (exact) mass is 417 g/mol. The van der Waals surface area contributed by atoms with Crippen molar-refractivity contribution in [1.29, 1.82) is 0 Å². The number of rotatable bonds is 12. The molecule has 0 rings (SSSR count). The molecule has 21 heavy (non-hydrogen) atoms. The molecule has 0 bridgehead atoms. The first-order valence-electron chi connectivity index (χ1n) is 5.68. The molecule has 0 heterocycles. The van der Waals surface area contributed by atoms with Crippen molar-refractivity contribution in [3.05, 3.63) is 11.1 Å². The summed E-state index contributed by atoms with van der Waals surface area (Å²) in [6.07, 6.45) is -0.513. The fourth-order valence-corrected chi connectivity index (χ4v) is 1.75. The van der Waals surface area contributed by atoms with Crippen molar-refractivity contribution >= 4 is 36.0 Å². The van der Waals surface area contributed by atoms with Crippen molar-refractivity contribution in [3.8, 4) is 0 Å². The molecule has 0 aliphatic carbocycles. The van der Waals surface area contributed by atoms with E-state index in [0.717, 1.165) is 5.75 Å². The average molecular weight is 417 g/mol. The van der Waals surface area contributed by atoms with Gasteiger partial charge in [-0.2, -0.15) is 28.4 Å². The Morgan fingerprint density at radius 3 is 2.05 bits per heavy atom. The number of ether oxygens (including phenoxy) is 1. The molecule has 0 aromatic rings. The molecule has 0 aromatic heterocycles. The molecular weight excluding hydrogens is 397 g/mol. The van der Waals surface area contributed by atoms with Gasteiger partial charge in [0.1, 0.15) is 6.61 Å². The summed E-state index contributed by atoms with van der Waals surface area (Å²) in [4.78, 5) is 18.4. The number of carbonyl (C=O) groups is 1. The van der Waals surface area contributed by atoms with Gasteiger partial charge in [0, 0.05) is 62.1 Å². The van der Waals surface area contributed by atoms with Crippen LogP contribution in [0.15, 0.2) is 0 Å². The number of carbonyl (C=O) groups excluding carboxylic acids is 1. The van der Waals surface area contributed by atoms with Gasteiger partial charge in [-0.05, 0) is 0 Å². The molecule has 0 spiro atoms. The van der Waals surface area contributed by atoms with Gasteiger partial charge in [-0.15, -0.1) is 0 Å². The zero-order chi connectivity index (χ0) is 15.5. The Hall–Kier alpha value is 0.424. The Bertz CT molecular complexity index is 230. The second-order valence-corrected chi connectivity index (χ2v) is 5.28. The fourth-order valence-electron chi connectivity index (χ4n) is 0.698. The molecule has 0 saturated carbocycles. The summed E-state index contributed by atoms with van der Waals surface area (Å²) in [5, 5.41) is 24.6. The average Bonchev–Trinajstić information content (AvgIpc) is 2.43. The number of hydrogen-bond donors (Lipinski definition) is 2. The number of nitrogens with zero attached hydrogens (tertiary/aromatic N) is 1. The topological polar surface area (TPSA) is 131 Å². The van der Waals surface area contributed by atoms with E-state index in [1.807, 2.05) is 0 Å². The van der Waals surface area contributed by atoms with E-state index in [1.165, 1.54) is 11.8 Å². The normalized spacial score (nSPS) is 8.86. The first-order chi connectivity index (χ1) is 9.68. The molecule has 1 amide bonds. The molecule has 0 saturated heterocycles. The fraction of sp³-hybridized carbons (Fsp3) is 0.800. The van der Waals surface area contributed by atoms with Crippen LogP contribution in [-0.2, 0) is 47.2 Å². The van der Waals surface area contributed by atoms with Crippen molar-refractivity contribution in [1.82, 2.24) is 0 Å². The molecule has 11 heteroatoms. The van der Waals surface area contributed by atoms with E-state index < -0.39 is 6.09 Å². The first-order valence-corrected chi connectivity index (χ1v) is 7.99. The molecular formula is C10H20N2O6S2Y-2. The van der Waals surface area contributed by atoms with Crippen molar-refractivity contribution < 1.29 is 62.2 Å². The van der Waals surface area contributed by atoms with E-state index in [1.54, 1.807) is 11.8 Å². The van der Waals surface area contributed by atoms with Gasteiger partial charge < -0.3 is 31.0 Å². The smallest absolute Gasteiger partial charge is 0.227 e. The van der Waals surface area contributed by atoms with E-state index in [0.29, 0.717) is 30.3 Å². The van der Waals surface area contributed by atoms with Crippen molar-refractivity contribution in [2.45, 2.75) is 0 Å². The Morgan fingerprint density at radius 1 is 1.10 bits per heavy atom. The maximum absolute atomic E-state index is 9.86. The molecule has 0 unspecified atom stereocenters. The standard InChI is InChI=1S/C5H11NO3S.C5H10NO3S.Y/c6-5(8)9-2-4-10-3-1-7;6-5-9-8-2-4-10-3-1-7;/h7H,1-4H2,(H2,6,8);5,7H,1-4H2;/q;-1;/p-1. The van der Waals surface area contributed by atoms with Crippen molar-refractivity contribution in [2.24, 2.45) is 0 Å². The minimum Gasteiger partial charge on any atom is -0.775 e. The van der Waals surface area contributed by atoms with E-state index in [4.69, 9.17) is 21.4 Å². The molecule has 0 aromatic carbocycles. The second-order valence-electron chi connectivity index (χ2n) is 2.83. The van der Waals surface area contributed by atoms with Gasteiger partial charge in [0.15, 0.2) is 0 Å². The Labute approximate surface area is 158 Å². The zero-order valence-corrected chi connectivity index (χ0v) is 16.1. The van der Waals surface area contributed by atoms with Gasteiger partial charge in [0.05, 0.1) is 19.8 Å². The van der Waals surface area contributed by atoms with Crippen LogP contribution >= 0.6 is 23.5 Å². The van der Waals surface area contributed by atoms with Crippen LogP contribution in [0.25, 0.3) is 11.1 Å². The maximum atomic E-state index is 9.86. The maximum Gasteiger partial charge on any atom is 0.227 e. The quantitative estimate of drug-likeness (QED) is 0.159. The molecule has 0 aliphatic heterocycles. The largest absolute Gasteiger partial charge is 0.775 e. The number of nitrogens with one attached hydrogen (secondary N) is 1. The van der Waals surface area contributed by atoms with E-state index in [9.17, 15) is 4.79 Å². The number of thioether (sulfide) groups is 2. The van der Waals surface area contributed by atoms with E-state index in [2.05, 4.69) is 14.5 Å². The number of hydrogen-bond acceptors (Lipinski definition) is 8. The first kappa shape index (κ1) is 26.3. The van der Waals surface area contributed by atoms with Gasteiger partial charge in [-0.1, -0.05) is 0 Å². The van der Waals surface area contributed by atoms with Crippen LogP contribution in [0.2, 0.25) is 0 Å². The van der Waals surface area contributed by atoms with Gasteiger partial charge in [-0.3, -0.25) is 4.79 Å². The summed E-state index contributed by atoms with van der Waals surface area (Å²) >= 11 is 3.04. The Morgan fingerprint density at radius 2 is 1.62 bits per heavy atom. The summed E-state index contributed by atoms with van der Waals surface area (Å²) in [7, 11) is 0. The van der Waals surface area contributed by atoms with Gasteiger partial charge in [0.2, 0.25) is 6.09 Å². The summed E-state index contributed by atoms with van der Waals surface area (Å²) in [6, 6.07) is 0. The summed E-state index contributed by atoms with van der Waals surface area (Å²) < 4.78 is 4.31. The molecule has 123 valence electrons. The minimum atomic E-state index is -0.996. The third-order valence-corrected chi connectivity index (χ3v) is 3.21. The molecule has 0 atom stereocenters. The van der Waals surface area contributed by atoms with Crippen LogP contribution in [0.5, 0.6) is 0 Å². The molecule has 8 nitrogen and oxygen atoms in total. The van der Waals surface area contributed by atoms with Gasteiger partial charge >= 0.3 is 0 Å². The van der Waals surface area contributed by atoms with Gasteiger partial charge in [0.25, 0.3) is 0 Å². The third-order valence-electron chi connectivity index (χ3n) is 1.35.